The number of unbranched alkanes of at least 4 members (excludes halogenated alkanes) is 1. The molecule has 0 saturated heterocycles. The summed E-state index contributed by atoms with van der Waals surface area (Å²) < 4.78 is 0. The quantitative estimate of drug-likeness (QED) is 0.235. The van der Waals surface area contributed by atoms with E-state index < -0.39 is 12.0 Å². The van der Waals surface area contributed by atoms with E-state index in [1.165, 1.54) is 4.91 Å². The Hall–Kier alpha value is -1.30. The van der Waals surface area contributed by atoms with Gasteiger partial charge in [0.15, 0.2) is 0 Å². The molecule has 6 N–H and O–H groups in total. The Kier molecular flexibility index (Phi) is 11.7. The van der Waals surface area contributed by atoms with Crippen LogP contribution in [0.1, 0.15) is 19.3 Å². The van der Waals surface area contributed by atoms with Crippen LogP contribution < -0.4 is 11.5 Å². The fourth-order valence-electron chi connectivity index (χ4n) is 0.665. The Morgan fingerprint density at radius 2 is 2.00 bits per heavy atom. The third-order valence-electron chi connectivity index (χ3n) is 1.33. The van der Waals surface area contributed by atoms with E-state index in [0.717, 1.165) is 19.4 Å². The molecule has 0 aromatic rings. The molecule has 7 nitrogen and oxygen atoms in total. The van der Waals surface area contributed by atoms with Gasteiger partial charge in [0.2, 0.25) is 0 Å². The zero-order valence-electron chi connectivity index (χ0n) is 7.39. The fraction of sp³-hybridized carbons (Fsp3) is 0.833. The fourth-order valence-corrected chi connectivity index (χ4v) is 0.665. The van der Waals surface area contributed by atoms with Crippen LogP contribution in [0.15, 0.2) is 0 Å². The number of hydrogen-bond donors (Lipinski definition) is 3. The zero-order chi connectivity index (χ0) is 10.7. The third kappa shape index (κ3) is 13.7. The lowest BCUT2D eigenvalue weighted by Crippen LogP contribution is -2.50. The molecule has 0 aliphatic carbocycles. The smallest absolute Gasteiger partial charge is 0.320 e. The second kappa shape index (κ2) is 10.7. The maximum atomic E-state index is 10.2. The first-order chi connectivity index (χ1) is 6.09. The predicted molar refractivity (Wildman–Crippen MR) is 47.3 cm³/mol. The van der Waals surface area contributed by atoms with Crippen LogP contribution >= 0.6 is 0 Å². The highest BCUT2D eigenvalue weighted by Crippen LogP contribution is 1.96. The molecule has 0 radical (unpaired) electrons. The van der Waals surface area contributed by atoms with E-state index in [-0.39, 0.29) is 0 Å². The molecule has 0 rings (SSSR count). The van der Waals surface area contributed by atoms with Crippen molar-refractivity contribution in [3.05, 3.63) is 16.0 Å². The number of aliphatic carboxylic acids is 1. The second-order valence-corrected chi connectivity index (χ2v) is 2.38. The van der Waals surface area contributed by atoms with Crippen molar-refractivity contribution in [2.45, 2.75) is 25.3 Å². The van der Waals surface area contributed by atoms with Crippen LogP contribution in [0.3, 0.4) is 0 Å². The van der Waals surface area contributed by atoms with E-state index in [1.807, 2.05) is 0 Å². The molecule has 0 aromatic carbocycles. The molecule has 0 aliphatic heterocycles. The summed E-state index contributed by atoms with van der Waals surface area (Å²) in [5, 5.41) is 8.34. The number of rotatable bonds is 5. The molecule has 0 unspecified atom stereocenters. The first-order valence-corrected chi connectivity index (χ1v) is 3.86. The Labute approximate surface area is 76.1 Å². The van der Waals surface area contributed by atoms with Crippen LogP contribution in [-0.2, 0) is 4.79 Å². The van der Waals surface area contributed by atoms with Gasteiger partial charge in [-0.25, -0.2) is 0 Å². The van der Waals surface area contributed by atoms with Gasteiger partial charge in [-0.1, -0.05) is 0 Å². The van der Waals surface area contributed by atoms with Gasteiger partial charge in [0.25, 0.3) is 0 Å². The second-order valence-electron chi connectivity index (χ2n) is 2.38. The normalized spacial score (nSPS) is 10.6. The molecule has 1 atom stereocenters. The molecule has 0 saturated carbocycles. The van der Waals surface area contributed by atoms with Crippen LogP contribution in [-0.4, -0.2) is 23.7 Å². The summed E-state index contributed by atoms with van der Waals surface area (Å²) >= 11 is 0. The first kappa shape index (κ1) is 14.2. The van der Waals surface area contributed by atoms with Crippen molar-refractivity contribution >= 4 is 5.97 Å². The van der Waals surface area contributed by atoms with E-state index in [0.29, 0.717) is 6.42 Å². The number of nitrogens with zero attached hydrogens (tertiary/aromatic N) is 3. The van der Waals surface area contributed by atoms with Gasteiger partial charge in [-0.15, -0.1) is 0 Å². The lowest BCUT2D eigenvalue weighted by molar-refractivity contribution is -0.368. The minimum absolute atomic E-state index is 0.560. The number of quaternary nitrogens is 1. The van der Waals surface area contributed by atoms with Crippen molar-refractivity contribution in [2.75, 3.05) is 6.54 Å². The maximum Gasteiger partial charge on any atom is 0.320 e. The Morgan fingerprint density at radius 1 is 1.54 bits per heavy atom. The molecular weight excluding hydrogens is 174 g/mol. The monoisotopic (exact) mass is 189 g/mol. The van der Waals surface area contributed by atoms with E-state index in [9.17, 15) is 4.79 Å². The standard InChI is InChI=1S/C6H14N2O2.N3/c7-4-2-1-3-5(8)6(9)10;1-3-2/h5H,1-4,7-8H2,(H,9,10);/q;-1/p+1/t5-;/m0./s1. The topological polar surface area (TPSA) is 150 Å². The highest BCUT2D eigenvalue weighted by Gasteiger charge is 2.09. The van der Waals surface area contributed by atoms with Crippen LogP contribution in [0.4, 0.5) is 0 Å². The summed E-state index contributed by atoms with van der Waals surface area (Å²) in [7, 11) is 0. The van der Waals surface area contributed by atoms with E-state index in [2.05, 4.69) is 5.73 Å². The maximum absolute atomic E-state index is 10.2. The molecule has 7 heteroatoms. The number of carboxylic acid groups (broad SMARTS) is 1. The van der Waals surface area contributed by atoms with Crippen LogP contribution in [0.2, 0.25) is 0 Å². The number of carbonyl (C=O) groups is 1. The predicted octanol–water partition coefficient (Wildman–Crippen LogP) is -0.323. The number of nitrogens with two attached hydrogens (primary N) is 1. The summed E-state index contributed by atoms with van der Waals surface area (Å²) in [5.41, 5.74) is 22.4. The molecule has 0 bridgehead atoms. The van der Waals surface area contributed by atoms with Crippen LogP contribution in [0.25, 0.3) is 16.0 Å². The van der Waals surface area contributed by atoms with Crippen LogP contribution in [0, 0.1) is 0 Å². The molecule has 0 spiro atoms. The number of carboxylic acids is 1. The molecule has 76 valence electrons. The van der Waals surface area contributed by atoms with Gasteiger partial charge in [0, 0.05) is 0 Å². The average Bonchev–Trinajstić information content (AvgIpc) is 2.06. The summed E-state index contributed by atoms with van der Waals surface area (Å²) in [4.78, 5) is 11.7. The van der Waals surface area contributed by atoms with Crippen molar-refractivity contribution in [1.82, 2.24) is 0 Å². The van der Waals surface area contributed by atoms with Crippen molar-refractivity contribution in [2.24, 2.45) is 5.73 Å². The molecular formula is C6H15N5O2. The summed E-state index contributed by atoms with van der Waals surface area (Å²) in [6, 6.07) is -0.688. The van der Waals surface area contributed by atoms with Gasteiger partial charge in [0.1, 0.15) is 6.04 Å². The highest BCUT2D eigenvalue weighted by molar-refractivity contribution is 5.72. The van der Waals surface area contributed by atoms with Crippen LogP contribution in [0.5, 0.6) is 0 Å². The van der Waals surface area contributed by atoms with Gasteiger partial charge >= 0.3 is 5.97 Å². The van der Waals surface area contributed by atoms with Crippen molar-refractivity contribution in [3.63, 3.8) is 0 Å². The highest BCUT2D eigenvalue weighted by atomic mass is 16.4. The van der Waals surface area contributed by atoms with Gasteiger partial charge in [-0.3, -0.25) is 9.71 Å². The Bertz CT molecular complexity index is 166. The molecule has 13 heavy (non-hydrogen) atoms. The van der Waals surface area contributed by atoms with E-state index in [4.69, 9.17) is 21.9 Å². The van der Waals surface area contributed by atoms with Crippen molar-refractivity contribution in [1.29, 1.82) is 0 Å². The van der Waals surface area contributed by atoms with Gasteiger partial charge in [0.05, 0.1) is 6.54 Å². The van der Waals surface area contributed by atoms with E-state index in [1.54, 1.807) is 0 Å². The SMILES string of the molecule is N[C@@H](CCCC[NH3+])C(=O)O.[N-]=[N+]=[N-]. The van der Waals surface area contributed by atoms with Gasteiger partial charge in [-0.2, -0.15) is 0 Å². The Balaban J connectivity index is 0. The van der Waals surface area contributed by atoms with Crippen molar-refractivity contribution < 1.29 is 15.6 Å². The lowest BCUT2D eigenvalue weighted by Gasteiger charge is -2.02. The molecule has 0 fully saturated rings. The first-order valence-electron chi connectivity index (χ1n) is 3.86. The molecule has 0 heterocycles. The average molecular weight is 189 g/mol. The summed E-state index contributed by atoms with van der Waals surface area (Å²) in [6.45, 7) is 0.854. The Morgan fingerprint density at radius 3 is 2.31 bits per heavy atom. The number of hydrogen-bond acceptors (Lipinski definition) is 2. The summed E-state index contributed by atoms with van der Waals surface area (Å²) in [5.74, 6) is -0.913. The summed E-state index contributed by atoms with van der Waals surface area (Å²) in [6.07, 6.45) is 2.38. The minimum atomic E-state index is -0.913. The minimum Gasteiger partial charge on any atom is -0.480 e. The van der Waals surface area contributed by atoms with Gasteiger partial charge < -0.3 is 27.6 Å². The van der Waals surface area contributed by atoms with Gasteiger partial charge in [-0.05, 0) is 19.3 Å². The third-order valence-corrected chi connectivity index (χ3v) is 1.33. The zero-order valence-corrected chi connectivity index (χ0v) is 7.39. The van der Waals surface area contributed by atoms with E-state index >= 15 is 0 Å². The lowest BCUT2D eigenvalue weighted by atomic mass is 10.1. The molecule has 0 amide bonds. The largest absolute Gasteiger partial charge is 0.480 e. The molecule has 0 aromatic heterocycles. The van der Waals surface area contributed by atoms with Crippen molar-refractivity contribution in [3.8, 4) is 0 Å². The molecule has 0 aliphatic rings.